The smallest absolute Gasteiger partial charge is 0.0701 e. The number of rotatable bonds is 3. The number of nitrogens with one attached hydrogen (secondary N) is 2. The SMILES string of the molecule is N#CC1C=CC=C(C2=CC3CN=C3C(NC3CNC3)=C2)C1. The molecule has 0 aromatic rings. The largest absolute Gasteiger partial charge is 0.378 e. The standard InChI is InChI=1S/C17H18N4/c18-7-11-2-1-3-12(4-11)13-5-14-8-20-17(14)16(6-13)21-15-9-19-10-15/h1-3,5-6,11,14-15,19,21H,4,8-10H2. The van der Waals surface area contributed by atoms with Crippen molar-refractivity contribution >= 4 is 5.71 Å². The van der Waals surface area contributed by atoms with Crippen molar-refractivity contribution in [2.24, 2.45) is 16.8 Å². The van der Waals surface area contributed by atoms with Crippen LogP contribution >= 0.6 is 0 Å². The van der Waals surface area contributed by atoms with Gasteiger partial charge in [0.25, 0.3) is 0 Å². The molecule has 0 amide bonds. The maximum atomic E-state index is 9.12. The predicted molar refractivity (Wildman–Crippen MR) is 82.7 cm³/mol. The molecule has 1 fully saturated rings. The van der Waals surface area contributed by atoms with Gasteiger partial charge in [-0.1, -0.05) is 24.3 Å². The fraction of sp³-hybridized carbons (Fsp3) is 0.412. The summed E-state index contributed by atoms with van der Waals surface area (Å²) < 4.78 is 0. The highest BCUT2D eigenvalue weighted by Crippen LogP contribution is 2.33. The van der Waals surface area contributed by atoms with Gasteiger partial charge in [-0.2, -0.15) is 5.26 Å². The Hall–Kier alpha value is -2.12. The summed E-state index contributed by atoms with van der Waals surface area (Å²) in [5, 5.41) is 16.0. The van der Waals surface area contributed by atoms with E-state index in [-0.39, 0.29) is 5.92 Å². The Morgan fingerprint density at radius 3 is 2.95 bits per heavy atom. The van der Waals surface area contributed by atoms with Crippen molar-refractivity contribution in [3.05, 3.63) is 47.2 Å². The lowest BCUT2D eigenvalue weighted by molar-refractivity contribution is 0.395. The molecule has 0 aromatic heterocycles. The van der Waals surface area contributed by atoms with Crippen LogP contribution in [0.25, 0.3) is 0 Å². The molecule has 0 bridgehead atoms. The second kappa shape index (κ2) is 5.01. The molecule has 1 saturated heterocycles. The summed E-state index contributed by atoms with van der Waals surface area (Å²) in [6.07, 6.45) is 11.5. The molecule has 106 valence electrons. The maximum Gasteiger partial charge on any atom is 0.0701 e. The monoisotopic (exact) mass is 278 g/mol. The highest BCUT2D eigenvalue weighted by molar-refractivity contribution is 6.07. The molecule has 2 heterocycles. The van der Waals surface area contributed by atoms with Crippen LogP contribution in [-0.4, -0.2) is 31.4 Å². The van der Waals surface area contributed by atoms with Gasteiger partial charge in [0.05, 0.1) is 36.0 Å². The molecule has 4 heteroatoms. The van der Waals surface area contributed by atoms with Crippen LogP contribution in [0.4, 0.5) is 0 Å². The molecule has 4 aliphatic rings. The summed E-state index contributed by atoms with van der Waals surface area (Å²) in [7, 11) is 0. The zero-order chi connectivity index (χ0) is 14.2. The van der Waals surface area contributed by atoms with Gasteiger partial charge < -0.3 is 10.6 Å². The third kappa shape index (κ3) is 2.24. The number of nitrogens with zero attached hydrogens (tertiary/aromatic N) is 2. The van der Waals surface area contributed by atoms with Crippen LogP contribution in [0.3, 0.4) is 0 Å². The molecule has 0 spiro atoms. The molecular formula is C17H18N4. The molecule has 2 aliphatic carbocycles. The molecule has 4 rings (SSSR count). The fourth-order valence-electron chi connectivity index (χ4n) is 3.11. The van der Waals surface area contributed by atoms with Gasteiger partial charge in [0, 0.05) is 19.0 Å². The molecule has 4 nitrogen and oxygen atoms in total. The highest BCUT2D eigenvalue weighted by Gasteiger charge is 2.31. The summed E-state index contributed by atoms with van der Waals surface area (Å²) in [5.41, 5.74) is 4.91. The van der Waals surface area contributed by atoms with Gasteiger partial charge in [0.1, 0.15) is 0 Å². The fourth-order valence-corrected chi connectivity index (χ4v) is 3.11. The van der Waals surface area contributed by atoms with Gasteiger partial charge in [-0.15, -0.1) is 0 Å². The van der Waals surface area contributed by atoms with Crippen LogP contribution in [0.1, 0.15) is 6.42 Å². The van der Waals surface area contributed by atoms with E-state index < -0.39 is 0 Å². The van der Waals surface area contributed by atoms with Crippen LogP contribution in [-0.2, 0) is 0 Å². The van der Waals surface area contributed by atoms with E-state index in [2.05, 4.69) is 39.9 Å². The van der Waals surface area contributed by atoms with E-state index in [1.165, 1.54) is 22.6 Å². The molecule has 0 aromatic carbocycles. The van der Waals surface area contributed by atoms with E-state index in [1.807, 2.05) is 12.2 Å². The second-order valence-corrected chi connectivity index (χ2v) is 6.03. The van der Waals surface area contributed by atoms with Gasteiger partial charge in [0.15, 0.2) is 0 Å². The first-order chi connectivity index (χ1) is 10.3. The van der Waals surface area contributed by atoms with Crippen LogP contribution in [0.2, 0.25) is 0 Å². The average molecular weight is 278 g/mol. The number of hydrogen-bond donors (Lipinski definition) is 2. The van der Waals surface area contributed by atoms with Gasteiger partial charge in [-0.05, 0) is 23.6 Å². The van der Waals surface area contributed by atoms with Crippen molar-refractivity contribution in [3.8, 4) is 6.07 Å². The Bertz CT molecular complexity index is 653. The number of allylic oxidation sites excluding steroid dienone is 7. The Labute approximate surface area is 124 Å². The Morgan fingerprint density at radius 1 is 1.38 bits per heavy atom. The Morgan fingerprint density at radius 2 is 2.29 bits per heavy atom. The quantitative estimate of drug-likeness (QED) is 0.822. The maximum absolute atomic E-state index is 9.12. The average Bonchev–Trinajstić information content (AvgIpc) is 2.44. The van der Waals surface area contributed by atoms with Crippen molar-refractivity contribution in [1.29, 1.82) is 5.26 Å². The van der Waals surface area contributed by atoms with E-state index in [4.69, 9.17) is 5.26 Å². The minimum atomic E-state index is 0.00277. The van der Waals surface area contributed by atoms with E-state index in [9.17, 15) is 0 Å². The number of fused-ring (bicyclic) bond motifs is 1. The van der Waals surface area contributed by atoms with Gasteiger partial charge in [-0.3, -0.25) is 4.99 Å². The molecule has 2 atom stereocenters. The van der Waals surface area contributed by atoms with Crippen molar-refractivity contribution < 1.29 is 0 Å². The minimum Gasteiger partial charge on any atom is -0.378 e. The molecular weight excluding hydrogens is 260 g/mol. The summed E-state index contributed by atoms with van der Waals surface area (Å²) in [4.78, 5) is 4.53. The van der Waals surface area contributed by atoms with Gasteiger partial charge in [-0.25, -0.2) is 0 Å². The minimum absolute atomic E-state index is 0.00277. The van der Waals surface area contributed by atoms with Crippen LogP contribution in [0.15, 0.2) is 52.2 Å². The Kier molecular flexibility index (Phi) is 3.01. The van der Waals surface area contributed by atoms with E-state index in [1.54, 1.807) is 0 Å². The summed E-state index contributed by atoms with van der Waals surface area (Å²) >= 11 is 0. The van der Waals surface area contributed by atoms with E-state index in [0.717, 1.165) is 26.1 Å². The predicted octanol–water partition coefficient (Wildman–Crippen LogP) is 1.47. The molecule has 0 radical (unpaired) electrons. The van der Waals surface area contributed by atoms with Crippen molar-refractivity contribution in [2.45, 2.75) is 12.5 Å². The van der Waals surface area contributed by atoms with Crippen LogP contribution in [0.5, 0.6) is 0 Å². The summed E-state index contributed by atoms with van der Waals surface area (Å²) in [6.45, 7) is 2.94. The molecule has 2 N–H and O–H groups in total. The van der Waals surface area contributed by atoms with Crippen LogP contribution < -0.4 is 10.6 Å². The number of nitriles is 1. The zero-order valence-corrected chi connectivity index (χ0v) is 11.8. The van der Waals surface area contributed by atoms with Crippen molar-refractivity contribution in [3.63, 3.8) is 0 Å². The molecule has 21 heavy (non-hydrogen) atoms. The number of hydrogen-bond acceptors (Lipinski definition) is 4. The summed E-state index contributed by atoms with van der Waals surface area (Å²) in [6, 6.07) is 2.87. The first-order valence-corrected chi connectivity index (χ1v) is 7.56. The zero-order valence-electron chi connectivity index (χ0n) is 11.8. The molecule has 0 saturated carbocycles. The van der Waals surface area contributed by atoms with Crippen molar-refractivity contribution in [1.82, 2.24) is 10.6 Å². The van der Waals surface area contributed by atoms with Crippen LogP contribution in [0, 0.1) is 23.2 Å². The topological polar surface area (TPSA) is 60.2 Å². The van der Waals surface area contributed by atoms with Gasteiger partial charge >= 0.3 is 0 Å². The first kappa shape index (κ1) is 12.6. The molecule has 2 unspecified atom stereocenters. The lowest BCUT2D eigenvalue weighted by Gasteiger charge is -2.36. The first-order valence-electron chi connectivity index (χ1n) is 7.56. The molecule has 2 aliphatic heterocycles. The van der Waals surface area contributed by atoms with E-state index in [0.29, 0.717) is 12.0 Å². The third-order valence-electron chi connectivity index (χ3n) is 4.52. The van der Waals surface area contributed by atoms with Crippen molar-refractivity contribution in [2.75, 3.05) is 19.6 Å². The van der Waals surface area contributed by atoms with E-state index >= 15 is 0 Å². The lowest BCUT2D eigenvalue weighted by Crippen LogP contribution is -2.56. The second-order valence-electron chi connectivity index (χ2n) is 6.03. The third-order valence-corrected chi connectivity index (χ3v) is 4.52. The Balaban J connectivity index is 1.59. The van der Waals surface area contributed by atoms with Gasteiger partial charge in [0.2, 0.25) is 0 Å². The lowest BCUT2D eigenvalue weighted by atomic mass is 9.81. The number of aliphatic imine (C=N–C) groups is 1. The summed E-state index contributed by atoms with van der Waals surface area (Å²) in [5.74, 6) is 0.455. The highest BCUT2D eigenvalue weighted by atomic mass is 15.1. The normalized spacial score (nSPS) is 30.6.